The van der Waals surface area contributed by atoms with Crippen molar-refractivity contribution in [3.63, 3.8) is 0 Å². The molecular formula is C33H28NO+. The summed E-state index contributed by atoms with van der Waals surface area (Å²) in [5, 5.41) is 11.6. The largest absolute Gasteiger partial charge is 0.381 e. The van der Waals surface area contributed by atoms with E-state index in [0.717, 1.165) is 39.2 Å². The first-order valence-corrected chi connectivity index (χ1v) is 11.9. The molecule has 0 spiro atoms. The van der Waals surface area contributed by atoms with Crippen LogP contribution in [0.2, 0.25) is 0 Å². The van der Waals surface area contributed by atoms with Gasteiger partial charge in [-0.25, -0.2) is 0 Å². The highest BCUT2D eigenvalue weighted by Crippen LogP contribution is 2.33. The Kier molecular flexibility index (Phi) is 6.65. The molecule has 35 heavy (non-hydrogen) atoms. The number of aliphatic hydroxyl groups is 1. The lowest BCUT2D eigenvalue weighted by atomic mass is 9.95. The van der Waals surface area contributed by atoms with Gasteiger partial charge < -0.3 is 5.11 Å². The number of hydrogen-bond donors (Lipinski definition) is 1. The van der Waals surface area contributed by atoms with Crippen molar-refractivity contribution in [2.24, 2.45) is 0 Å². The summed E-state index contributed by atoms with van der Waals surface area (Å²) in [6.45, 7) is 4.15. The van der Waals surface area contributed by atoms with Crippen LogP contribution in [0.5, 0.6) is 0 Å². The van der Waals surface area contributed by atoms with Crippen molar-refractivity contribution < 1.29 is 9.67 Å². The van der Waals surface area contributed by atoms with E-state index in [1.165, 1.54) is 0 Å². The maximum Gasteiger partial charge on any atom is 0.214 e. The molecule has 170 valence electrons. The van der Waals surface area contributed by atoms with Gasteiger partial charge in [0.05, 0.1) is 0 Å². The Balaban J connectivity index is 1.82. The smallest absolute Gasteiger partial charge is 0.214 e. The highest BCUT2D eigenvalue weighted by atomic mass is 16.3. The van der Waals surface area contributed by atoms with E-state index in [1.807, 2.05) is 78.9 Å². The van der Waals surface area contributed by atoms with Crippen molar-refractivity contribution in [3.05, 3.63) is 152 Å². The monoisotopic (exact) mass is 454 g/mol. The molecule has 1 aromatic heterocycles. The van der Waals surface area contributed by atoms with E-state index in [1.54, 1.807) is 0 Å². The zero-order valence-electron chi connectivity index (χ0n) is 19.5. The van der Waals surface area contributed by atoms with Crippen LogP contribution in [0.15, 0.2) is 146 Å². The van der Waals surface area contributed by atoms with Crippen LogP contribution in [-0.4, -0.2) is 5.11 Å². The van der Waals surface area contributed by atoms with Gasteiger partial charge >= 0.3 is 0 Å². The second-order valence-electron chi connectivity index (χ2n) is 8.56. The van der Waals surface area contributed by atoms with Gasteiger partial charge in [0.2, 0.25) is 17.4 Å². The van der Waals surface area contributed by atoms with Gasteiger partial charge in [0.1, 0.15) is 6.10 Å². The number of rotatable bonds is 7. The van der Waals surface area contributed by atoms with Gasteiger partial charge in [0, 0.05) is 23.3 Å². The van der Waals surface area contributed by atoms with E-state index >= 15 is 0 Å². The maximum atomic E-state index is 11.6. The topological polar surface area (TPSA) is 24.1 Å². The number of benzene rings is 4. The van der Waals surface area contributed by atoms with Gasteiger partial charge in [-0.15, -0.1) is 0 Å². The second-order valence-corrected chi connectivity index (χ2v) is 8.56. The minimum atomic E-state index is -0.758. The molecule has 0 aliphatic rings. The summed E-state index contributed by atoms with van der Waals surface area (Å²) in [4.78, 5) is 0. The molecule has 5 aromatic rings. The van der Waals surface area contributed by atoms with Crippen molar-refractivity contribution >= 4 is 0 Å². The lowest BCUT2D eigenvalue weighted by Crippen LogP contribution is -2.46. The average molecular weight is 455 g/mol. The van der Waals surface area contributed by atoms with Gasteiger partial charge in [0.25, 0.3) is 0 Å². The Morgan fingerprint density at radius 3 is 1.37 bits per heavy atom. The normalized spacial score (nSPS) is 12.6. The number of nitrogens with zero attached hydrogens (tertiary/aromatic N) is 1. The third kappa shape index (κ3) is 4.70. The van der Waals surface area contributed by atoms with Gasteiger partial charge in [-0.2, -0.15) is 4.57 Å². The molecule has 0 aliphatic carbocycles. The van der Waals surface area contributed by atoms with Crippen LogP contribution in [-0.2, 0) is 0 Å². The maximum absolute atomic E-state index is 11.6. The standard InChI is InChI=1S/C33H28NO/c1-2-30(33(35)28-21-13-6-14-22-28)34-31(26-17-9-4-10-18-26)23-29(25-15-7-3-8-16-25)24-32(34)27-19-11-5-12-20-27/h2-24,30,33,35H,1H2/q+1. The van der Waals surface area contributed by atoms with Gasteiger partial charge in [-0.05, 0) is 47.0 Å². The number of pyridine rings is 1. The fourth-order valence-electron chi connectivity index (χ4n) is 4.61. The van der Waals surface area contributed by atoms with E-state index < -0.39 is 6.10 Å². The zero-order chi connectivity index (χ0) is 24.0. The van der Waals surface area contributed by atoms with Crippen LogP contribution >= 0.6 is 0 Å². The van der Waals surface area contributed by atoms with Crippen LogP contribution in [0.3, 0.4) is 0 Å². The first kappa shape index (κ1) is 22.5. The Labute approximate surface area is 207 Å². The predicted molar refractivity (Wildman–Crippen MR) is 144 cm³/mol. The number of aliphatic hydroxyl groups excluding tert-OH is 1. The Bertz CT molecular complexity index is 1340. The molecule has 0 saturated heterocycles. The Hall–Kier alpha value is -4.27. The summed E-state index contributed by atoms with van der Waals surface area (Å²) in [6.07, 6.45) is 1.09. The molecule has 0 bridgehead atoms. The first-order valence-electron chi connectivity index (χ1n) is 11.9. The van der Waals surface area contributed by atoms with Crippen LogP contribution in [0.25, 0.3) is 33.6 Å². The SMILES string of the molecule is C=CC(C(O)c1ccccc1)[n+]1c(-c2ccccc2)cc(-c2ccccc2)cc1-c1ccccc1. The lowest BCUT2D eigenvalue weighted by molar-refractivity contribution is -0.700. The molecule has 0 radical (unpaired) electrons. The summed E-state index contributed by atoms with van der Waals surface area (Å²) < 4.78 is 2.22. The lowest BCUT2D eigenvalue weighted by Gasteiger charge is -2.21. The molecule has 2 nitrogen and oxygen atoms in total. The third-order valence-electron chi connectivity index (χ3n) is 6.35. The van der Waals surface area contributed by atoms with Crippen molar-refractivity contribution in [3.8, 4) is 33.6 Å². The van der Waals surface area contributed by atoms with Gasteiger partial charge in [-0.1, -0.05) is 104 Å². The van der Waals surface area contributed by atoms with Gasteiger partial charge in [-0.3, -0.25) is 0 Å². The molecule has 2 heteroatoms. The zero-order valence-corrected chi connectivity index (χ0v) is 19.5. The molecule has 0 aliphatic heterocycles. The minimum Gasteiger partial charge on any atom is -0.381 e. The molecule has 1 N–H and O–H groups in total. The fourth-order valence-corrected chi connectivity index (χ4v) is 4.61. The van der Waals surface area contributed by atoms with Crippen molar-refractivity contribution in [1.29, 1.82) is 0 Å². The Morgan fingerprint density at radius 2 is 0.943 bits per heavy atom. The summed E-state index contributed by atoms with van der Waals surface area (Å²) in [7, 11) is 0. The van der Waals surface area contributed by atoms with E-state index in [4.69, 9.17) is 0 Å². The molecule has 2 unspecified atom stereocenters. The van der Waals surface area contributed by atoms with E-state index in [0.29, 0.717) is 0 Å². The molecular weight excluding hydrogens is 426 g/mol. The quantitative estimate of drug-likeness (QED) is 0.201. The Morgan fingerprint density at radius 1 is 0.543 bits per heavy atom. The predicted octanol–water partition coefficient (Wildman–Crippen LogP) is 7.44. The van der Waals surface area contributed by atoms with E-state index in [-0.39, 0.29) is 6.04 Å². The second kappa shape index (κ2) is 10.3. The number of hydrogen-bond acceptors (Lipinski definition) is 1. The van der Waals surface area contributed by atoms with Crippen molar-refractivity contribution in [2.75, 3.05) is 0 Å². The molecule has 0 fully saturated rings. The third-order valence-corrected chi connectivity index (χ3v) is 6.35. The van der Waals surface area contributed by atoms with Crippen LogP contribution < -0.4 is 4.57 Å². The van der Waals surface area contributed by atoms with E-state index in [9.17, 15) is 5.11 Å². The molecule has 5 rings (SSSR count). The molecule has 0 saturated carbocycles. The number of aromatic nitrogens is 1. The summed E-state index contributed by atoms with van der Waals surface area (Å²) in [5.74, 6) is 0. The molecule has 1 heterocycles. The first-order chi connectivity index (χ1) is 17.3. The molecule has 0 amide bonds. The molecule has 2 atom stereocenters. The van der Waals surface area contributed by atoms with Crippen LogP contribution in [0, 0.1) is 0 Å². The summed E-state index contributed by atoms with van der Waals surface area (Å²) in [5.41, 5.74) is 7.32. The average Bonchev–Trinajstić information content (AvgIpc) is 2.95. The van der Waals surface area contributed by atoms with E-state index in [2.05, 4.69) is 71.8 Å². The van der Waals surface area contributed by atoms with Crippen LogP contribution in [0.4, 0.5) is 0 Å². The summed E-state index contributed by atoms with van der Waals surface area (Å²) in [6, 6.07) is 45.0. The van der Waals surface area contributed by atoms with Crippen molar-refractivity contribution in [2.45, 2.75) is 12.1 Å². The highest BCUT2D eigenvalue weighted by molar-refractivity contribution is 5.73. The highest BCUT2D eigenvalue weighted by Gasteiger charge is 2.33. The molecule has 4 aromatic carbocycles. The summed E-state index contributed by atoms with van der Waals surface area (Å²) >= 11 is 0. The minimum absolute atomic E-state index is 0.382. The fraction of sp³-hybridized carbons (Fsp3) is 0.0606. The van der Waals surface area contributed by atoms with Gasteiger partial charge in [0.15, 0.2) is 0 Å². The van der Waals surface area contributed by atoms with Crippen molar-refractivity contribution in [1.82, 2.24) is 0 Å². The van der Waals surface area contributed by atoms with Crippen LogP contribution in [0.1, 0.15) is 17.7 Å².